The van der Waals surface area contributed by atoms with Gasteiger partial charge in [0.05, 0.1) is 11.3 Å². The summed E-state index contributed by atoms with van der Waals surface area (Å²) in [7, 11) is 0. The van der Waals surface area contributed by atoms with Gasteiger partial charge in [0.1, 0.15) is 6.33 Å². The molecule has 12 heteroatoms. The van der Waals surface area contributed by atoms with E-state index >= 15 is 0 Å². The first-order valence-corrected chi connectivity index (χ1v) is 9.19. The first-order chi connectivity index (χ1) is 15.4. The zero-order chi connectivity index (χ0) is 22.6. The van der Waals surface area contributed by atoms with E-state index in [0.29, 0.717) is 12.2 Å². The first kappa shape index (κ1) is 20.9. The summed E-state index contributed by atoms with van der Waals surface area (Å²) in [6, 6.07) is 7.18. The molecule has 9 nitrogen and oxygen atoms in total. The number of nitrogens with one attached hydrogen (secondary N) is 2. The molecule has 2 amide bonds. The number of hydrogen-bond donors (Lipinski definition) is 2. The Morgan fingerprint density at radius 1 is 1.06 bits per heavy atom. The van der Waals surface area contributed by atoms with Gasteiger partial charge in [-0.15, -0.1) is 0 Å². The van der Waals surface area contributed by atoms with Gasteiger partial charge < -0.3 is 5.32 Å². The van der Waals surface area contributed by atoms with Gasteiger partial charge in [-0.3, -0.25) is 14.8 Å². The minimum atomic E-state index is -4.51. The fourth-order valence-electron chi connectivity index (χ4n) is 2.76. The van der Waals surface area contributed by atoms with E-state index in [-0.39, 0.29) is 11.6 Å². The van der Waals surface area contributed by atoms with Crippen LogP contribution in [0.15, 0.2) is 72.0 Å². The summed E-state index contributed by atoms with van der Waals surface area (Å²) < 4.78 is 44.8. The summed E-state index contributed by atoms with van der Waals surface area (Å²) in [6.45, 7) is 0.318. The number of alkyl halides is 3. The van der Waals surface area contributed by atoms with E-state index in [2.05, 4.69) is 30.9 Å². The average molecular weight is 442 g/mol. The first-order valence-electron chi connectivity index (χ1n) is 9.19. The van der Waals surface area contributed by atoms with Gasteiger partial charge in [0.2, 0.25) is 11.8 Å². The number of pyridine rings is 1. The predicted octanol–water partition coefficient (Wildman–Crippen LogP) is 3.53. The number of urea groups is 1. The van der Waals surface area contributed by atoms with Crippen molar-refractivity contribution in [1.29, 1.82) is 0 Å². The van der Waals surface area contributed by atoms with E-state index in [1.54, 1.807) is 18.6 Å². The molecule has 0 bridgehead atoms. The van der Waals surface area contributed by atoms with Crippen LogP contribution in [0.1, 0.15) is 11.1 Å². The van der Waals surface area contributed by atoms with Crippen molar-refractivity contribution in [3.05, 3.63) is 78.6 Å². The molecule has 2 N–H and O–H groups in total. The quantitative estimate of drug-likeness (QED) is 0.458. The van der Waals surface area contributed by atoms with Crippen LogP contribution in [0.5, 0.6) is 0 Å². The second kappa shape index (κ2) is 8.79. The summed E-state index contributed by atoms with van der Waals surface area (Å²) in [5, 5.41) is 8.49. The molecule has 3 aromatic heterocycles. The summed E-state index contributed by atoms with van der Waals surface area (Å²) >= 11 is 0. The average Bonchev–Trinajstić information content (AvgIpc) is 3.21. The van der Waals surface area contributed by atoms with Gasteiger partial charge in [-0.05, 0) is 35.0 Å². The Kier molecular flexibility index (Phi) is 5.75. The number of anilines is 2. The lowest BCUT2D eigenvalue weighted by atomic mass is 10.2. The monoisotopic (exact) mass is 442 g/mol. The maximum atomic E-state index is 12.8. The number of carbonyl (C=O) groups is 1. The SMILES string of the molecule is O=C(Nc1cccc(C(F)(F)F)c1)Nc1c[n+](Cc2ccc(-c3cncnc3)nc2)no1. The van der Waals surface area contributed by atoms with Crippen molar-refractivity contribution in [2.24, 2.45) is 0 Å². The standard InChI is InChI=1S/C20H14F3N7O2/c21-20(22,23)15-2-1-3-16(6-15)27-19(31)28-18-11-30(29-32-18)10-13-4-5-17(26-7-13)14-8-24-12-25-9-14/h1-9,11-12H,10H2,(H-,27,28,29,31)/p+1. The number of nitrogens with zero attached hydrogens (tertiary/aromatic N) is 5. The van der Waals surface area contributed by atoms with Crippen LogP contribution >= 0.6 is 0 Å². The Balaban J connectivity index is 1.35. The highest BCUT2D eigenvalue weighted by Crippen LogP contribution is 2.30. The lowest BCUT2D eigenvalue weighted by molar-refractivity contribution is -0.754. The number of amides is 2. The fraction of sp³-hybridized carbons (Fsp3) is 0.100. The zero-order valence-corrected chi connectivity index (χ0v) is 16.2. The minimum absolute atomic E-state index is 0.0142. The molecule has 1 aromatic carbocycles. The van der Waals surface area contributed by atoms with E-state index < -0.39 is 17.8 Å². The third-order valence-corrected chi connectivity index (χ3v) is 4.22. The molecule has 32 heavy (non-hydrogen) atoms. The summed E-state index contributed by atoms with van der Waals surface area (Å²) in [6.07, 6.45) is 3.34. The maximum Gasteiger partial charge on any atom is 0.416 e. The van der Waals surface area contributed by atoms with E-state index in [1.807, 2.05) is 12.1 Å². The van der Waals surface area contributed by atoms with Crippen molar-refractivity contribution in [2.45, 2.75) is 12.7 Å². The van der Waals surface area contributed by atoms with Crippen LogP contribution in [-0.4, -0.2) is 26.3 Å². The van der Waals surface area contributed by atoms with Gasteiger partial charge >= 0.3 is 18.1 Å². The molecule has 162 valence electrons. The van der Waals surface area contributed by atoms with Crippen LogP contribution in [0.3, 0.4) is 0 Å². The van der Waals surface area contributed by atoms with Crippen LogP contribution < -0.4 is 15.3 Å². The number of halogens is 3. The van der Waals surface area contributed by atoms with Crippen LogP contribution in [0.25, 0.3) is 11.3 Å². The third-order valence-electron chi connectivity index (χ3n) is 4.22. The smallest absolute Gasteiger partial charge is 0.308 e. The predicted molar refractivity (Wildman–Crippen MR) is 105 cm³/mol. The Bertz CT molecular complexity index is 1210. The van der Waals surface area contributed by atoms with E-state index in [1.165, 1.54) is 29.3 Å². The van der Waals surface area contributed by atoms with E-state index in [4.69, 9.17) is 4.52 Å². The highest BCUT2D eigenvalue weighted by atomic mass is 19.4. The molecule has 0 atom stereocenters. The van der Waals surface area contributed by atoms with E-state index in [0.717, 1.165) is 23.3 Å². The van der Waals surface area contributed by atoms with Crippen LogP contribution in [-0.2, 0) is 12.7 Å². The Hall–Kier alpha value is -4.35. The molecule has 0 radical (unpaired) electrons. The van der Waals surface area contributed by atoms with Crippen LogP contribution in [0.2, 0.25) is 0 Å². The molecule has 0 aliphatic rings. The highest BCUT2D eigenvalue weighted by Gasteiger charge is 2.30. The normalized spacial score (nSPS) is 11.2. The molecular weight excluding hydrogens is 427 g/mol. The Morgan fingerprint density at radius 3 is 2.59 bits per heavy atom. The maximum absolute atomic E-state index is 12.8. The van der Waals surface area contributed by atoms with Gasteiger partial charge in [-0.1, -0.05) is 6.07 Å². The van der Waals surface area contributed by atoms with Crippen molar-refractivity contribution in [1.82, 2.24) is 20.2 Å². The van der Waals surface area contributed by atoms with Crippen molar-refractivity contribution in [2.75, 3.05) is 10.6 Å². The highest BCUT2D eigenvalue weighted by molar-refractivity contribution is 5.98. The van der Waals surface area contributed by atoms with E-state index in [9.17, 15) is 18.0 Å². The molecule has 0 fully saturated rings. The van der Waals surface area contributed by atoms with Gasteiger partial charge in [-0.25, -0.2) is 14.8 Å². The summed E-state index contributed by atoms with van der Waals surface area (Å²) in [5.74, 6) is 0.0143. The van der Waals surface area contributed by atoms with Crippen molar-refractivity contribution < 1.29 is 27.2 Å². The van der Waals surface area contributed by atoms with Crippen LogP contribution in [0.4, 0.5) is 29.5 Å². The fourth-order valence-corrected chi connectivity index (χ4v) is 2.76. The largest absolute Gasteiger partial charge is 0.416 e. The molecule has 0 saturated carbocycles. The second-order valence-electron chi connectivity index (χ2n) is 6.60. The Labute approximate surface area is 178 Å². The van der Waals surface area contributed by atoms with Gasteiger partial charge in [-0.2, -0.15) is 13.2 Å². The number of benzene rings is 1. The van der Waals surface area contributed by atoms with Gasteiger partial charge in [0.15, 0.2) is 0 Å². The molecule has 3 heterocycles. The molecule has 0 saturated heterocycles. The van der Waals surface area contributed by atoms with Crippen LogP contribution in [0, 0.1) is 0 Å². The number of rotatable bonds is 5. The number of hydrogen-bond acceptors (Lipinski definition) is 6. The number of aromatic nitrogens is 5. The summed E-state index contributed by atoms with van der Waals surface area (Å²) in [5.41, 5.74) is 1.44. The van der Waals surface area contributed by atoms with Crippen molar-refractivity contribution >= 4 is 17.6 Å². The number of carbonyl (C=O) groups excluding carboxylic acids is 1. The minimum Gasteiger partial charge on any atom is -0.308 e. The summed E-state index contributed by atoms with van der Waals surface area (Å²) in [4.78, 5) is 24.3. The van der Waals surface area contributed by atoms with Crippen molar-refractivity contribution in [3.8, 4) is 11.3 Å². The van der Waals surface area contributed by atoms with Crippen molar-refractivity contribution in [3.63, 3.8) is 0 Å². The molecule has 0 aliphatic carbocycles. The lowest BCUT2D eigenvalue weighted by Crippen LogP contribution is -2.35. The Morgan fingerprint density at radius 2 is 1.88 bits per heavy atom. The zero-order valence-electron chi connectivity index (χ0n) is 16.2. The molecule has 0 spiro atoms. The topological polar surface area (TPSA) is 110 Å². The third kappa shape index (κ3) is 5.22. The second-order valence-corrected chi connectivity index (χ2v) is 6.60. The lowest BCUT2D eigenvalue weighted by Gasteiger charge is -2.09. The molecule has 0 aliphatic heterocycles. The molecule has 0 unspecified atom stereocenters. The molecule has 4 rings (SSSR count). The molecular formula is C20H15F3N7O2+. The molecule has 4 aromatic rings. The van der Waals surface area contributed by atoms with Gasteiger partial charge in [0, 0.05) is 35.4 Å². The van der Waals surface area contributed by atoms with Gasteiger partial charge in [0.25, 0.3) is 6.20 Å².